The van der Waals surface area contributed by atoms with Crippen LogP contribution >= 0.6 is 12.6 Å². The summed E-state index contributed by atoms with van der Waals surface area (Å²) in [5, 5.41) is 6.84. The molecule has 0 spiro atoms. The molecular formula is C8H16FN3O2S. The second kappa shape index (κ2) is 7.47. The lowest BCUT2D eigenvalue weighted by Gasteiger charge is -2.16. The van der Waals surface area contributed by atoms with E-state index in [1.807, 2.05) is 12.2 Å². The molecule has 0 aliphatic rings. The van der Waals surface area contributed by atoms with E-state index in [9.17, 15) is 14.0 Å². The second-order valence-electron chi connectivity index (χ2n) is 2.78. The highest BCUT2D eigenvalue weighted by Gasteiger charge is 2.22. The summed E-state index contributed by atoms with van der Waals surface area (Å²) in [7, 11) is 1.29. The van der Waals surface area contributed by atoms with Gasteiger partial charge in [0, 0.05) is 12.8 Å². The third-order valence-corrected chi connectivity index (χ3v) is 2.06. The van der Waals surface area contributed by atoms with Crippen LogP contribution in [0.2, 0.25) is 0 Å². The minimum Gasteiger partial charge on any atom is -0.355 e. The Balaban J connectivity index is 4.15. The largest absolute Gasteiger partial charge is 0.355 e. The lowest BCUT2D eigenvalue weighted by atomic mass is 10.3. The molecule has 3 N–H and O–H groups in total. The van der Waals surface area contributed by atoms with Crippen LogP contribution in [0.25, 0.3) is 0 Å². The van der Waals surface area contributed by atoms with Gasteiger partial charge in [-0.15, -0.1) is 0 Å². The highest BCUT2D eigenvalue weighted by Crippen LogP contribution is 1.92. The van der Waals surface area contributed by atoms with Gasteiger partial charge in [-0.3, -0.25) is 9.59 Å². The highest BCUT2D eigenvalue weighted by atomic mass is 32.1. The molecule has 2 atom stereocenters. The molecule has 0 fully saturated rings. The van der Waals surface area contributed by atoms with Crippen molar-refractivity contribution in [3.63, 3.8) is 0 Å². The van der Waals surface area contributed by atoms with Gasteiger partial charge in [-0.2, -0.15) is 12.6 Å². The van der Waals surface area contributed by atoms with Gasteiger partial charge < -0.3 is 16.0 Å². The van der Waals surface area contributed by atoms with Gasteiger partial charge in [0.2, 0.25) is 5.91 Å². The minimum absolute atomic E-state index is 0.236. The molecule has 0 radical (unpaired) electrons. The summed E-state index contributed by atoms with van der Waals surface area (Å²) in [5.74, 6) is -1.22. The molecule has 0 aliphatic heterocycles. The van der Waals surface area contributed by atoms with E-state index in [1.165, 1.54) is 7.05 Å². The number of hydrogen-bond acceptors (Lipinski definition) is 4. The molecule has 0 aromatic rings. The summed E-state index contributed by atoms with van der Waals surface area (Å²) in [6, 6.07) is -0.596. The summed E-state index contributed by atoms with van der Waals surface area (Å²) >= 11 is 3.94. The Morgan fingerprint density at radius 3 is 2.40 bits per heavy atom. The average Bonchev–Trinajstić information content (AvgIpc) is 2.24. The number of amides is 2. The van der Waals surface area contributed by atoms with Gasteiger partial charge in [-0.05, 0) is 6.54 Å². The molecule has 0 aromatic heterocycles. The quantitative estimate of drug-likeness (QED) is 0.356. The zero-order chi connectivity index (χ0) is 11.8. The number of halogens is 1. The molecule has 0 saturated carbocycles. The third kappa shape index (κ3) is 4.98. The number of rotatable bonds is 6. The fourth-order valence-corrected chi connectivity index (χ4v) is 1.20. The maximum atomic E-state index is 13.0. The molecule has 5 nitrogen and oxygen atoms in total. The number of likely N-dealkylation sites (N-methyl/N-ethyl adjacent to an activating group) is 2. The topological polar surface area (TPSA) is 70.2 Å². The molecule has 88 valence electrons. The van der Waals surface area contributed by atoms with Gasteiger partial charge in [0.1, 0.15) is 0 Å². The van der Waals surface area contributed by atoms with Crippen molar-refractivity contribution in [2.45, 2.75) is 19.3 Å². The Bertz CT molecular complexity index is 228. The maximum absolute atomic E-state index is 13.0. The van der Waals surface area contributed by atoms with Crippen molar-refractivity contribution in [2.24, 2.45) is 0 Å². The first kappa shape index (κ1) is 14.2. The van der Waals surface area contributed by atoms with Gasteiger partial charge in [0.05, 0.1) is 6.04 Å². The molecule has 0 rings (SSSR count). The van der Waals surface area contributed by atoms with Gasteiger partial charge in [-0.1, -0.05) is 6.92 Å². The van der Waals surface area contributed by atoms with Gasteiger partial charge in [0.25, 0.3) is 12.2 Å². The summed E-state index contributed by atoms with van der Waals surface area (Å²) < 4.78 is 13.0. The lowest BCUT2D eigenvalue weighted by molar-refractivity contribution is -0.133. The van der Waals surface area contributed by atoms with E-state index in [4.69, 9.17) is 0 Å². The molecule has 0 unspecified atom stereocenters. The molecule has 0 saturated heterocycles. The number of hydrogen-bond donors (Lipinski definition) is 4. The first-order valence-corrected chi connectivity index (χ1v) is 5.20. The number of alkyl halides is 1. The minimum atomic E-state index is -2.02. The molecule has 0 heterocycles. The van der Waals surface area contributed by atoms with Crippen molar-refractivity contribution in [3.8, 4) is 0 Å². The van der Waals surface area contributed by atoms with Gasteiger partial charge >= 0.3 is 0 Å². The Morgan fingerprint density at radius 2 is 2.00 bits per heavy atom. The van der Waals surface area contributed by atoms with Crippen LogP contribution in [0.5, 0.6) is 0 Å². The van der Waals surface area contributed by atoms with Gasteiger partial charge in [-0.25, -0.2) is 4.39 Å². The summed E-state index contributed by atoms with van der Waals surface area (Å²) in [6.07, 6.45) is -2.02. The van der Waals surface area contributed by atoms with Crippen molar-refractivity contribution < 1.29 is 14.0 Å². The molecule has 15 heavy (non-hydrogen) atoms. The first-order chi connectivity index (χ1) is 7.06. The van der Waals surface area contributed by atoms with Crippen LogP contribution in [0.4, 0.5) is 4.39 Å². The van der Waals surface area contributed by atoms with Crippen molar-refractivity contribution in [2.75, 3.05) is 19.3 Å². The average molecular weight is 237 g/mol. The first-order valence-electron chi connectivity index (χ1n) is 4.57. The Kier molecular flexibility index (Phi) is 7.06. The molecule has 0 bridgehead atoms. The predicted molar refractivity (Wildman–Crippen MR) is 58.4 cm³/mol. The van der Waals surface area contributed by atoms with E-state index < -0.39 is 24.2 Å². The number of nitrogens with one attached hydrogen (secondary N) is 3. The third-order valence-electron chi connectivity index (χ3n) is 1.70. The van der Waals surface area contributed by atoms with Crippen LogP contribution in [0.1, 0.15) is 6.92 Å². The fourth-order valence-electron chi connectivity index (χ4n) is 0.904. The van der Waals surface area contributed by atoms with E-state index in [-0.39, 0.29) is 5.75 Å². The number of carbonyl (C=O) groups excluding carboxylic acids is 2. The molecule has 2 amide bonds. The van der Waals surface area contributed by atoms with E-state index >= 15 is 0 Å². The SMILES string of the molecule is CCN[C@@H](CS)C(=O)N[C@H](F)C(=O)NC. The van der Waals surface area contributed by atoms with E-state index in [0.717, 1.165) is 0 Å². The van der Waals surface area contributed by atoms with Crippen LogP contribution in [0.3, 0.4) is 0 Å². The smallest absolute Gasteiger partial charge is 0.275 e. The van der Waals surface area contributed by atoms with Gasteiger partial charge in [0.15, 0.2) is 0 Å². The molecular weight excluding hydrogens is 221 g/mol. The molecule has 0 aliphatic carbocycles. The van der Waals surface area contributed by atoms with Crippen LogP contribution in [-0.2, 0) is 9.59 Å². The predicted octanol–water partition coefficient (Wildman–Crippen LogP) is -0.948. The Labute approximate surface area is 93.6 Å². The van der Waals surface area contributed by atoms with Crippen molar-refractivity contribution >= 4 is 24.4 Å². The van der Waals surface area contributed by atoms with Crippen molar-refractivity contribution in [1.29, 1.82) is 0 Å². The van der Waals surface area contributed by atoms with Crippen LogP contribution in [-0.4, -0.2) is 43.5 Å². The van der Waals surface area contributed by atoms with E-state index in [2.05, 4.69) is 23.3 Å². The number of thiol groups is 1. The van der Waals surface area contributed by atoms with E-state index in [1.54, 1.807) is 0 Å². The van der Waals surface area contributed by atoms with Crippen LogP contribution in [0.15, 0.2) is 0 Å². The molecule has 7 heteroatoms. The Hall–Kier alpha value is -0.820. The summed E-state index contributed by atoms with van der Waals surface area (Å²) in [5.41, 5.74) is 0. The fraction of sp³-hybridized carbons (Fsp3) is 0.750. The summed E-state index contributed by atoms with van der Waals surface area (Å²) in [6.45, 7) is 2.38. The monoisotopic (exact) mass is 237 g/mol. The van der Waals surface area contributed by atoms with Crippen LogP contribution in [0, 0.1) is 0 Å². The standard InChI is InChI=1S/C8H16FN3O2S/c1-3-11-5(4-15)7(13)12-6(9)8(14)10-2/h5-6,11,15H,3-4H2,1-2H3,(H,10,14)(H,12,13)/t5-,6-/m0/s1. The van der Waals surface area contributed by atoms with Crippen LogP contribution < -0.4 is 16.0 Å². The number of carbonyl (C=O) groups is 2. The zero-order valence-electron chi connectivity index (χ0n) is 8.71. The summed E-state index contributed by atoms with van der Waals surface area (Å²) in [4.78, 5) is 22.1. The lowest BCUT2D eigenvalue weighted by Crippen LogP contribution is -2.51. The molecule has 0 aromatic carbocycles. The highest BCUT2D eigenvalue weighted by molar-refractivity contribution is 7.80. The van der Waals surface area contributed by atoms with E-state index in [0.29, 0.717) is 6.54 Å². The zero-order valence-corrected chi connectivity index (χ0v) is 9.61. The normalized spacial score (nSPS) is 14.1. The maximum Gasteiger partial charge on any atom is 0.275 e. The van der Waals surface area contributed by atoms with Crippen molar-refractivity contribution in [1.82, 2.24) is 16.0 Å². The van der Waals surface area contributed by atoms with Crippen molar-refractivity contribution in [3.05, 3.63) is 0 Å². The Morgan fingerprint density at radius 1 is 1.40 bits per heavy atom. The second-order valence-corrected chi connectivity index (χ2v) is 3.14.